The van der Waals surface area contributed by atoms with Crippen molar-refractivity contribution >= 4 is 43.7 Å². The van der Waals surface area contributed by atoms with E-state index < -0.39 is 12.0 Å². The summed E-state index contributed by atoms with van der Waals surface area (Å²) in [7, 11) is 3.16. The van der Waals surface area contributed by atoms with Crippen LogP contribution in [0, 0.1) is 0 Å². The standard InChI is InChI=1S/C18H18Br2N2O4/c1-9-11(19)7-12(20)17-21-13(18(23)24)8-14(22(9)17)10-4-5-15(25-2)16(6-10)26-3/h4-7,13-14H,8H2,1-3H3,(H,23,24). The summed E-state index contributed by atoms with van der Waals surface area (Å²) in [5.74, 6) is 0.912. The Morgan fingerprint density at radius 3 is 2.58 bits per heavy atom. The minimum atomic E-state index is -0.936. The highest BCUT2D eigenvalue weighted by Crippen LogP contribution is 2.43. The van der Waals surface area contributed by atoms with Crippen molar-refractivity contribution < 1.29 is 19.4 Å². The summed E-state index contributed by atoms with van der Waals surface area (Å²) in [5.41, 5.74) is 1.90. The summed E-state index contributed by atoms with van der Waals surface area (Å²) >= 11 is 7.08. The molecule has 1 N–H and O–H groups in total. The SMILES string of the molecule is COc1ccc(C2CC(C(=O)O)N=C3C(Br)=CC(Br)=C(C)N32)cc1OC. The number of benzene rings is 1. The molecule has 0 amide bonds. The summed E-state index contributed by atoms with van der Waals surface area (Å²) < 4.78 is 12.4. The van der Waals surface area contributed by atoms with E-state index in [1.807, 2.05) is 31.2 Å². The Morgan fingerprint density at radius 1 is 1.27 bits per heavy atom. The van der Waals surface area contributed by atoms with Gasteiger partial charge in [-0.1, -0.05) is 6.07 Å². The molecule has 2 aliphatic rings. The molecule has 0 saturated heterocycles. The maximum Gasteiger partial charge on any atom is 0.328 e. The van der Waals surface area contributed by atoms with Crippen LogP contribution < -0.4 is 9.47 Å². The first kappa shape index (κ1) is 19.0. The van der Waals surface area contributed by atoms with Gasteiger partial charge in [-0.15, -0.1) is 0 Å². The van der Waals surface area contributed by atoms with Gasteiger partial charge in [0, 0.05) is 16.6 Å². The number of fused-ring (bicyclic) bond motifs is 1. The zero-order valence-corrected chi connectivity index (χ0v) is 17.7. The molecule has 0 aromatic heterocycles. The highest BCUT2D eigenvalue weighted by molar-refractivity contribution is 9.12. The van der Waals surface area contributed by atoms with Crippen molar-refractivity contribution in [3.05, 3.63) is 44.5 Å². The zero-order chi connectivity index (χ0) is 19.0. The predicted molar refractivity (Wildman–Crippen MR) is 106 cm³/mol. The number of amidine groups is 1. The topological polar surface area (TPSA) is 71.4 Å². The third kappa shape index (κ3) is 3.27. The molecule has 0 radical (unpaired) electrons. The highest BCUT2D eigenvalue weighted by atomic mass is 79.9. The van der Waals surface area contributed by atoms with Crippen LogP contribution in [0.15, 0.2) is 43.9 Å². The maximum absolute atomic E-state index is 11.7. The number of halogens is 2. The molecule has 2 unspecified atom stereocenters. The monoisotopic (exact) mass is 484 g/mol. The molecule has 1 aromatic carbocycles. The summed E-state index contributed by atoms with van der Waals surface area (Å²) in [5, 5.41) is 9.55. The van der Waals surface area contributed by atoms with Crippen molar-refractivity contribution in [2.75, 3.05) is 14.2 Å². The smallest absolute Gasteiger partial charge is 0.328 e. The van der Waals surface area contributed by atoms with Crippen molar-refractivity contribution in [2.24, 2.45) is 4.99 Å². The fraction of sp³-hybridized carbons (Fsp3) is 0.333. The molecule has 2 heterocycles. The summed E-state index contributed by atoms with van der Waals surface area (Å²) in [6.07, 6.45) is 2.24. The molecule has 8 heteroatoms. The normalized spacial score (nSPS) is 22.4. The van der Waals surface area contributed by atoms with Gasteiger partial charge in [0.15, 0.2) is 17.5 Å². The Balaban J connectivity index is 2.13. The third-order valence-corrected chi connectivity index (χ3v) is 5.90. The number of hydrogen-bond donors (Lipinski definition) is 1. The Labute approximate surface area is 168 Å². The van der Waals surface area contributed by atoms with E-state index >= 15 is 0 Å². The van der Waals surface area contributed by atoms with Gasteiger partial charge >= 0.3 is 5.97 Å². The molecule has 6 nitrogen and oxygen atoms in total. The van der Waals surface area contributed by atoms with Crippen LogP contribution in [0.2, 0.25) is 0 Å². The van der Waals surface area contributed by atoms with Gasteiger partial charge in [-0.2, -0.15) is 0 Å². The van der Waals surface area contributed by atoms with Gasteiger partial charge < -0.3 is 19.5 Å². The molecule has 1 aromatic rings. The number of nitrogens with zero attached hydrogens (tertiary/aromatic N) is 2. The molecule has 2 aliphatic heterocycles. The van der Waals surface area contributed by atoms with Gasteiger partial charge in [0.2, 0.25) is 0 Å². The lowest BCUT2D eigenvalue weighted by atomic mass is 9.93. The van der Waals surface area contributed by atoms with E-state index in [1.54, 1.807) is 14.2 Å². The molecular formula is C18H18Br2N2O4. The van der Waals surface area contributed by atoms with Crippen LogP contribution in [0.1, 0.15) is 24.9 Å². The van der Waals surface area contributed by atoms with Gasteiger partial charge in [0.25, 0.3) is 0 Å². The van der Waals surface area contributed by atoms with Crippen LogP contribution in [-0.2, 0) is 4.79 Å². The van der Waals surface area contributed by atoms with E-state index in [0.717, 1.165) is 20.2 Å². The van der Waals surface area contributed by atoms with E-state index in [1.165, 1.54) is 0 Å². The summed E-state index contributed by atoms with van der Waals surface area (Å²) in [4.78, 5) is 18.1. The minimum absolute atomic E-state index is 0.197. The van der Waals surface area contributed by atoms with Crippen LogP contribution in [0.5, 0.6) is 11.5 Å². The lowest BCUT2D eigenvalue weighted by Gasteiger charge is -2.41. The van der Waals surface area contributed by atoms with Crippen molar-refractivity contribution in [3.63, 3.8) is 0 Å². The number of allylic oxidation sites excluding steroid dienone is 3. The van der Waals surface area contributed by atoms with E-state index in [4.69, 9.17) is 9.47 Å². The van der Waals surface area contributed by atoms with Crippen molar-refractivity contribution in [1.82, 2.24) is 4.90 Å². The first-order valence-electron chi connectivity index (χ1n) is 7.93. The quantitative estimate of drug-likeness (QED) is 0.691. The van der Waals surface area contributed by atoms with E-state index in [2.05, 4.69) is 41.8 Å². The molecule has 138 valence electrons. The first-order chi connectivity index (χ1) is 12.4. The Morgan fingerprint density at radius 2 is 1.96 bits per heavy atom. The van der Waals surface area contributed by atoms with Gasteiger partial charge in [0.1, 0.15) is 5.84 Å². The number of carboxylic acid groups (broad SMARTS) is 1. The molecule has 0 aliphatic carbocycles. The Hall–Kier alpha value is -1.80. The van der Waals surface area contributed by atoms with E-state index in [0.29, 0.717) is 23.8 Å². The number of methoxy groups -OCH3 is 2. The van der Waals surface area contributed by atoms with Gasteiger partial charge in [-0.3, -0.25) is 4.99 Å². The number of rotatable bonds is 4. The van der Waals surface area contributed by atoms with Crippen LogP contribution >= 0.6 is 31.9 Å². The molecule has 0 fully saturated rings. The number of hydrogen-bond acceptors (Lipinski definition) is 5. The van der Waals surface area contributed by atoms with Crippen molar-refractivity contribution in [2.45, 2.75) is 25.4 Å². The van der Waals surface area contributed by atoms with E-state index in [9.17, 15) is 9.90 Å². The molecular weight excluding hydrogens is 468 g/mol. The fourth-order valence-corrected chi connectivity index (χ4v) is 4.44. The molecule has 0 bridgehead atoms. The fourth-order valence-electron chi connectivity index (χ4n) is 3.19. The average Bonchev–Trinajstić information content (AvgIpc) is 2.64. The first-order valence-corrected chi connectivity index (χ1v) is 9.51. The van der Waals surface area contributed by atoms with Crippen molar-refractivity contribution in [3.8, 4) is 11.5 Å². The number of aliphatic imine (C=N–C) groups is 1. The second-order valence-electron chi connectivity index (χ2n) is 5.97. The lowest BCUT2D eigenvalue weighted by molar-refractivity contribution is -0.139. The van der Waals surface area contributed by atoms with Crippen LogP contribution in [0.25, 0.3) is 0 Å². The zero-order valence-electron chi connectivity index (χ0n) is 14.5. The largest absolute Gasteiger partial charge is 0.493 e. The summed E-state index contributed by atoms with van der Waals surface area (Å²) in [6, 6.07) is 4.64. The van der Waals surface area contributed by atoms with Gasteiger partial charge in [0.05, 0.1) is 24.7 Å². The molecule has 2 atom stereocenters. The average molecular weight is 486 g/mol. The van der Waals surface area contributed by atoms with Crippen molar-refractivity contribution in [1.29, 1.82) is 0 Å². The van der Waals surface area contributed by atoms with Crippen LogP contribution in [0.4, 0.5) is 0 Å². The predicted octanol–water partition coefficient (Wildman–Crippen LogP) is 4.22. The summed E-state index contributed by atoms with van der Waals surface area (Å²) in [6.45, 7) is 1.98. The molecule has 0 saturated carbocycles. The third-order valence-electron chi connectivity index (χ3n) is 4.52. The Kier molecular flexibility index (Phi) is 5.43. The maximum atomic E-state index is 11.7. The Bertz CT molecular complexity index is 848. The van der Waals surface area contributed by atoms with Crippen LogP contribution in [-0.4, -0.2) is 42.1 Å². The minimum Gasteiger partial charge on any atom is -0.493 e. The number of aliphatic carboxylic acids is 1. The molecule has 3 rings (SSSR count). The lowest BCUT2D eigenvalue weighted by Crippen LogP contribution is -2.43. The number of ether oxygens (including phenoxy) is 2. The van der Waals surface area contributed by atoms with Gasteiger partial charge in [-0.05, 0) is 62.6 Å². The van der Waals surface area contributed by atoms with E-state index in [-0.39, 0.29) is 6.04 Å². The molecule has 26 heavy (non-hydrogen) atoms. The highest BCUT2D eigenvalue weighted by Gasteiger charge is 2.38. The number of carbonyl (C=O) groups is 1. The van der Waals surface area contributed by atoms with Gasteiger partial charge in [-0.25, -0.2) is 4.79 Å². The van der Waals surface area contributed by atoms with Crippen LogP contribution in [0.3, 0.4) is 0 Å². The second-order valence-corrected chi connectivity index (χ2v) is 7.68. The molecule has 0 spiro atoms. The number of carboxylic acids is 1. The second kappa shape index (κ2) is 7.44.